The number of carboxylic acid groups (broad SMARTS) is 1. The summed E-state index contributed by atoms with van der Waals surface area (Å²) in [6.45, 7) is 3.86. The molecule has 0 bridgehead atoms. The Morgan fingerprint density at radius 2 is 1.88 bits per heavy atom. The molecule has 1 aliphatic heterocycles. The number of hydrogen-bond donors (Lipinski definition) is 1. The van der Waals surface area contributed by atoms with Gasteiger partial charge in [-0.3, -0.25) is 14.5 Å². The zero-order valence-corrected chi connectivity index (χ0v) is 15.0. The van der Waals surface area contributed by atoms with Crippen LogP contribution in [0.15, 0.2) is 54.6 Å². The van der Waals surface area contributed by atoms with Crippen molar-refractivity contribution in [2.24, 2.45) is 0 Å². The van der Waals surface area contributed by atoms with Crippen LogP contribution in [0.4, 0.5) is 0 Å². The summed E-state index contributed by atoms with van der Waals surface area (Å²) in [6, 6.07) is 16.8. The number of aryl methyl sites for hydroxylation is 1. The molecule has 3 rings (SSSR count). The standard InChI is InChI=1S/C21H24N2O3/c1-16-6-5-9-18(14-16)20(21(25)26)23-13-12-22(19(24)15-23)11-10-17-7-3-2-4-8-17/h2-9,14,20H,10-13,15H2,1H3,(H,25,26). The number of nitrogens with zero attached hydrogens (tertiary/aromatic N) is 2. The predicted octanol–water partition coefficient (Wildman–Crippen LogP) is 2.51. The lowest BCUT2D eigenvalue weighted by Gasteiger charge is -2.37. The molecule has 0 spiro atoms. The molecular weight excluding hydrogens is 328 g/mol. The van der Waals surface area contributed by atoms with E-state index >= 15 is 0 Å². The number of amides is 1. The highest BCUT2D eigenvalue weighted by molar-refractivity contribution is 5.81. The van der Waals surface area contributed by atoms with Gasteiger partial charge in [0, 0.05) is 19.6 Å². The van der Waals surface area contributed by atoms with Gasteiger partial charge in [0.1, 0.15) is 6.04 Å². The van der Waals surface area contributed by atoms with Crippen LogP contribution in [0.5, 0.6) is 0 Å². The minimum atomic E-state index is -0.916. The quantitative estimate of drug-likeness (QED) is 0.868. The number of carbonyl (C=O) groups is 2. The Morgan fingerprint density at radius 1 is 1.12 bits per heavy atom. The van der Waals surface area contributed by atoms with Crippen molar-refractivity contribution >= 4 is 11.9 Å². The van der Waals surface area contributed by atoms with Crippen molar-refractivity contribution in [2.75, 3.05) is 26.2 Å². The summed E-state index contributed by atoms with van der Waals surface area (Å²) < 4.78 is 0. The molecular formula is C21H24N2O3. The maximum absolute atomic E-state index is 12.5. The lowest BCUT2D eigenvalue weighted by Crippen LogP contribution is -2.52. The number of rotatable bonds is 6. The minimum absolute atomic E-state index is 0.00826. The van der Waals surface area contributed by atoms with Gasteiger partial charge in [-0.15, -0.1) is 0 Å². The molecule has 2 aromatic rings. The van der Waals surface area contributed by atoms with Gasteiger partial charge >= 0.3 is 5.97 Å². The number of hydrogen-bond acceptors (Lipinski definition) is 3. The molecule has 136 valence electrons. The van der Waals surface area contributed by atoms with E-state index < -0.39 is 12.0 Å². The second kappa shape index (κ2) is 8.15. The molecule has 1 aliphatic rings. The van der Waals surface area contributed by atoms with Crippen molar-refractivity contribution in [2.45, 2.75) is 19.4 Å². The van der Waals surface area contributed by atoms with Crippen LogP contribution in [0.1, 0.15) is 22.7 Å². The van der Waals surface area contributed by atoms with Crippen molar-refractivity contribution in [1.29, 1.82) is 0 Å². The average molecular weight is 352 g/mol. The van der Waals surface area contributed by atoms with E-state index in [1.807, 2.05) is 54.3 Å². The molecule has 5 heteroatoms. The first-order chi connectivity index (χ1) is 12.5. The van der Waals surface area contributed by atoms with Gasteiger partial charge < -0.3 is 10.0 Å². The van der Waals surface area contributed by atoms with Gasteiger partial charge in [0.05, 0.1) is 6.54 Å². The van der Waals surface area contributed by atoms with E-state index in [-0.39, 0.29) is 12.5 Å². The molecule has 1 unspecified atom stereocenters. The highest BCUT2D eigenvalue weighted by Gasteiger charge is 2.33. The molecule has 1 N–H and O–H groups in total. The highest BCUT2D eigenvalue weighted by atomic mass is 16.4. The molecule has 0 saturated carbocycles. The van der Waals surface area contributed by atoms with E-state index in [9.17, 15) is 14.7 Å². The number of piperazine rings is 1. The third-order valence-corrected chi connectivity index (χ3v) is 4.82. The molecule has 1 heterocycles. The van der Waals surface area contributed by atoms with Crippen LogP contribution in [0.25, 0.3) is 0 Å². The van der Waals surface area contributed by atoms with E-state index in [0.29, 0.717) is 19.6 Å². The van der Waals surface area contributed by atoms with Gasteiger partial charge in [-0.05, 0) is 24.5 Å². The zero-order chi connectivity index (χ0) is 18.5. The number of aliphatic carboxylic acids is 1. The molecule has 0 radical (unpaired) electrons. The third kappa shape index (κ3) is 4.29. The molecule has 0 aliphatic carbocycles. The van der Waals surface area contributed by atoms with Crippen LogP contribution in [0, 0.1) is 6.92 Å². The van der Waals surface area contributed by atoms with Gasteiger partial charge in [-0.2, -0.15) is 0 Å². The summed E-state index contributed by atoms with van der Waals surface area (Å²) in [6.07, 6.45) is 0.812. The van der Waals surface area contributed by atoms with Crippen molar-refractivity contribution < 1.29 is 14.7 Å². The summed E-state index contributed by atoms with van der Waals surface area (Å²) in [5, 5.41) is 9.71. The zero-order valence-electron chi connectivity index (χ0n) is 15.0. The van der Waals surface area contributed by atoms with E-state index in [4.69, 9.17) is 0 Å². The normalized spacial score (nSPS) is 16.5. The van der Waals surface area contributed by atoms with Crippen LogP contribution in [-0.4, -0.2) is 53.0 Å². The van der Waals surface area contributed by atoms with Crippen molar-refractivity contribution in [3.8, 4) is 0 Å². The van der Waals surface area contributed by atoms with Crippen LogP contribution in [0.3, 0.4) is 0 Å². The lowest BCUT2D eigenvalue weighted by atomic mass is 10.0. The van der Waals surface area contributed by atoms with Crippen LogP contribution in [0.2, 0.25) is 0 Å². The Kier molecular flexibility index (Phi) is 5.68. The fraction of sp³-hybridized carbons (Fsp3) is 0.333. The Balaban J connectivity index is 1.64. The fourth-order valence-electron chi connectivity index (χ4n) is 3.44. The van der Waals surface area contributed by atoms with Crippen LogP contribution < -0.4 is 0 Å². The van der Waals surface area contributed by atoms with Gasteiger partial charge in [0.25, 0.3) is 0 Å². The maximum atomic E-state index is 12.5. The number of carboxylic acids is 1. The molecule has 1 atom stereocenters. The minimum Gasteiger partial charge on any atom is -0.480 e. The van der Waals surface area contributed by atoms with E-state index in [1.54, 1.807) is 4.90 Å². The molecule has 1 fully saturated rings. The van der Waals surface area contributed by atoms with Gasteiger partial charge in [0.2, 0.25) is 5.91 Å². The average Bonchev–Trinajstić information content (AvgIpc) is 2.62. The summed E-state index contributed by atoms with van der Waals surface area (Å²) in [7, 11) is 0. The van der Waals surface area contributed by atoms with Crippen LogP contribution >= 0.6 is 0 Å². The van der Waals surface area contributed by atoms with Crippen molar-refractivity contribution in [3.05, 3.63) is 71.3 Å². The summed E-state index contributed by atoms with van der Waals surface area (Å²) in [4.78, 5) is 28.0. The Morgan fingerprint density at radius 3 is 2.54 bits per heavy atom. The van der Waals surface area contributed by atoms with Gasteiger partial charge in [0.15, 0.2) is 0 Å². The summed E-state index contributed by atoms with van der Waals surface area (Å²) >= 11 is 0. The topological polar surface area (TPSA) is 60.9 Å². The molecule has 26 heavy (non-hydrogen) atoms. The maximum Gasteiger partial charge on any atom is 0.325 e. The number of carbonyl (C=O) groups excluding carboxylic acids is 1. The first kappa shape index (κ1) is 18.1. The van der Waals surface area contributed by atoms with Gasteiger partial charge in [-0.25, -0.2) is 0 Å². The highest BCUT2D eigenvalue weighted by Crippen LogP contribution is 2.24. The molecule has 2 aromatic carbocycles. The van der Waals surface area contributed by atoms with E-state index in [2.05, 4.69) is 12.1 Å². The lowest BCUT2D eigenvalue weighted by molar-refractivity contribution is -0.147. The summed E-state index contributed by atoms with van der Waals surface area (Å²) in [5.74, 6) is -0.924. The molecule has 1 saturated heterocycles. The van der Waals surface area contributed by atoms with Crippen LogP contribution in [-0.2, 0) is 16.0 Å². The molecule has 0 aromatic heterocycles. The van der Waals surface area contributed by atoms with Gasteiger partial charge in [-0.1, -0.05) is 60.2 Å². The summed E-state index contributed by atoms with van der Waals surface area (Å²) in [5.41, 5.74) is 2.94. The predicted molar refractivity (Wildman–Crippen MR) is 99.9 cm³/mol. The second-order valence-electron chi connectivity index (χ2n) is 6.74. The largest absolute Gasteiger partial charge is 0.480 e. The fourth-order valence-corrected chi connectivity index (χ4v) is 3.44. The first-order valence-corrected chi connectivity index (χ1v) is 8.90. The third-order valence-electron chi connectivity index (χ3n) is 4.82. The van der Waals surface area contributed by atoms with Crippen molar-refractivity contribution in [3.63, 3.8) is 0 Å². The smallest absolute Gasteiger partial charge is 0.325 e. The number of benzene rings is 2. The SMILES string of the molecule is Cc1cccc(C(C(=O)O)N2CCN(CCc3ccccc3)C(=O)C2)c1. The van der Waals surface area contributed by atoms with E-state index in [0.717, 1.165) is 17.5 Å². The Hall–Kier alpha value is -2.66. The van der Waals surface area contributed by atoms with Crippen molar-refractivity contribution in [1.82, 2.24) is 9.80 Å². The van der Waals surface area contributed by atoms with E-state index in [1.165, 1.54) is 5.56 Å². The molecule has 1 amide bonds. The molecule has 5 nitrogen and oxygen atoms in total. The monoisotopic (exact) mass is 352 g/mol. The second-order valence-corrected chi connectivity index (χ2v) is 6.74. The Bertz CT molecular complexity index is 776. The first-order valence-electron chi connectivity index (χ1n) is 8.90. The Labute approximate surface area is 153 Å².